The van der Waals surface area contributed by atoms with Crippen LogP contribution in [0.15, 0.2) is 217 Å². The van der Waals surface area contributed by atoms with E-state index < -0.39 is 0 Å². The Labute approximate surface area is 341 Å². The van der Waals surface area contributed by atoms with E-state index in [4.69, 9.17) is 19.4 Å². The molecule has 9 aromatic carbocycles. The molecule has 0 N–H and O–H groups in total. The Balaban J connectivity index is 1.03. The Kier molecular flexibility index (Phi) is 8.45. The molecule has 2 heterocycles. The first-order valence-corrected chi connectivity index (χ1v) is 19.8. The van der Waals surface area contributed by atoms with Crippen molar-refractivity contribution >= 4 is 32.5 Å². The van der Waals surface area contributed by atoms with Gasteiger partial charge in [-0.25, -0.2) is 15.0 Å². The number of furan rings is 1. The van der Waals surface area contributed by atoms with Gasteiger partial charge in [0.15, 0.2) is 23.2 Å². The van der Waals surface area contributed by atoms with Gasteiger partial charge in [-0.3, -0.25) is 0 Å². The molecule has 276 valence electrons. The third-order valence-corrected chi connectivity index (χ3v) is 11.2. The minimum atomic E-state index is 0.487. The van der Waals surface area contributed by atoms with Crippen molar-refractivity contribution in [3.05, 3.63) is 212 Å². The SMILES string of the molecule is c1ccc(-c2ccc(-c3nc(-c4ccc(-c5c6ccccc6c(-c6cccc(-c7ccccc7)c6)c6ccccc56)cc4)nc(-c4cc5ccccc5o4)n3)cc2)cc1. The topological polar surface area (TPSA) is 51.8 Å². The molecule has 0 unspecified atom stereocenters. The third-order valence-electron chi connectivity index (χ3n) is 11.2. The molecule has 2 aromatic heterocycles. The van der Waals surface area contributed by atoms with E-state index in [2.05, 4.69) is 176 Å². The Hall–Kier alpha value is -7.95. The number of fused-ring (bicyclic) bond motifs is 3. The predicted octanol–water partition coefficient (Wildman–Crippen LogP) is 14.6. The summed E-state index contributed by atoms with van der Waals surface area (Å²) >= 11 is 0. The second kappa shape index (κ2) is 14.5. The molecule has 0 saturated heterocycles. The lowest BCUT2D eigenvalue weighted by atomic mass is 9.85. The molecule has 0 bridgehead atoms. The number of para-hydroxylation sites is 1. The summed E-state index contributed by atoms with van der Waals surface area (Å²) in [5.41, 5.74) is 12.0. The summed E-state index contributed by atoms with van der Waals surface area (Å²) in [7, 11) is 0. The lowest BCUT2D eigenvalue weighted by Crippen LogP contribution is -1.99. The molecule has 11 aromatic rings. The van der Waals surface area contributed by atoms with Crippen LogP contribution in [0.3, 0.4) is 0 Å². The molecule has 0 radical (unpaired) electrons. The number of benzene rings is 9. The van der Waals surface area contributed by atoms with Gasteiger partial charge in [0.1, 0.15) is 5.58 Å². The Morgan fingerprint density at radius 3 is 1.25 bits per heavy atom. The molecule has 0 atom stereocenters. The van der Waals surface area contributed by atoms with Crippen molar-refractivity contribution in [3.8, 4) is 78.9 Å². The molecule has 0 spiro atoms. The van der Waals surface area contributed by atoms with Crippen LogP contribution >= 0.6 is 0 Å². The Morgan fingerprint density at radius 1 is 0.271 bits per heavy atom. The van der Waals surface area contributed by atoms with Gasteiger partial charge in [-0.15, -0.1) is 0 Å². The fourth-order valence-electron chi connectivity index (χ4n) is 8.30. The highest BCUT2D eigenvalue weighted by molar-refractivity contribution is 6.21. The fourth-order valence-corrected chi connectivity index (χ4v) is 8.30. The number of aromatic nitrogens is 3. The van der Waals surface area contributed by atoms with E-state index in [1.165, 1.54) is 49.4 Å². The first kappa shape index (κ1) is 34.3. The minimum Gasteiger partial charge on any atom is -0.453 e. The van der Waals surface area contributed by atoms with Crippen LogP contribution in [0.5, 0.6) is 0 Å². The van der Waals surface area contributed by atoms with Gasteiger partial charge in [-0.05, 0) is 84.3 Å². The number of hydrogen-bond acceptors (Lipinski definition) is 4. The normalized spacial score (nSPS) is 11.4. The maximum atomic E-state index is 6.29. The van der Waals surface area contributed by atoms with Gasteiger partial charge in [-0.2, -0.15) is 0 Å². The lowest BCUT2D eigenvalue weighted by Gasteiger charge is -2.18. The molecule has 0 amide bonds. The third kappa shape index (κ3) is 6.34. The molecular formula is C55H35N3O. The van der Waals surface area contributed by atoms with Gasteiger partial charge in [-0.1, -0.05) is 194 Å². The van der Waals surface area contributed by atoms with Crippen LogP contribution in [-0.2, 0) is 0 Å². The lowest BCUT2D eigenvalue weighted by molar-refractivity contribution is 0.625. The molecule has 0 aliphatic heterocycles. The van der Waals surface area contributed by atoms with E-state index in [1.54, 1.807) is 0 Å². The molecule has 11 rings (SSSR count). The van der Waals surface area contributed by atoms with Gasteiger partial charge in [0, 0.05) is 16.5 Å². The van der Waals surface area contributed by atoms with E-state index in [0.717, 1.165) is 38.8 Å². The zero-order valence-corrected chi connectivity index (χ0v) is 32.0. The van der Waals surface area contributed by atoms with Crippen LogP contribution in [-0.4, -0.2) is 15.0 Å². The maximum Gasteiger partial charge on any atom is 0.199 e. The van der Waals surface area contributed by atoms with Crippen LogP contribution < -0.4 is 0 Å². The van der Waals surface area contributed by atoms with E-state index in [0.29, 0.717) is 23.2 Å². The van der Waals surface area contributed by atoms with E-state index in [9.17, 15) is 0 Å². The van der Waals surface area contributed by atoms with Crippen molar-refractivity contribution < 1.29 is 4.42 Å². The average molecular weight is 754 g/mol. The van der Waals surface area contributed by atoms with Crippen LogP contribution in [0, 0.1) is 0 Å². The van der Waals surface area contributed by atoms with Gasteiger partial charge in [0.05, 0.1) is 0 Å². The first-order valence-electron chi connectivity index (χ1n) is 19.8. The standard InChI is InChI=1S/C55H35N3O/c1-3-14-36(15-4-1)38-26-30-40(31-27-38)53-56-54(58-55(57-53)50-35-43-18-7-12-25-49(43)59-50)41-32-28-39(29-33-41)51-45-21-8-10-23-47(45)52(48-24-11-9-22-46(48)51)44-20-13-19-42(34-44)37-16-5-2-6-17-37/h1-35H. The zero-order chi connectivity index (χ0) is 39.1. The number of nitrogens with zero attached hydrogens (tertiary/aromatic N) is 3. The highest BCUT2D eigenvalue weighted by Crippen LogP contribution is 2.44. The van der Waals surface area contributed by atoms with Crippen LogP contribution in [0.2, 0.25) is 0 Å². The van der Waals surface area contributed by atoms with Crippen LogP contribution in [0.25, 0.3) is 111 Å². The van der Waals surface area contributed by atoms with Crippen LogP contribution in [0.1, 0.15) is 0 Å². The summed E-state index contributed by atoms with van der Waals surface area (Å²) in [5.74, 6) is 2.24. The second-order valence-corrected chi connectivity index (χ2v) is 14.8. The Morgan fingerprint density at radius 2 is 0.678 bits per heavy atom. The van der Waals surface area contributed by atoms with Crippen molar-refractivity contribution in [2.24, 2.45) is 0 Å². The molecule has 0 aliphatic rings. The summed E-state index contributed by atoms with van der Waals surface area (Å²) in [5, 5.41) is 5.83. The first-order chi connectivity index (χ1) is 29.2. The van der Waals surface area contributed by atoms with Crippen molar-refractivity contribution in [2.75, 3.05) is 0 Å². The monoisotopic (exact) mass is 753 g/mol. The summed E-state index contributed by atoms with van der Waals surface area (Å²) in [6.45, 7) is 0. The number of hydrogen-bond donors (Lipinski definition) is 0. The highest BCUT2D eigenvalue weighted by Gasteiger charge is 2.19. The summed E-state index contributed by atoms with van der Waals surface area (Å²) in [6.07, 6.45) is 0. The van der Waals surface area contributed by atoms with Gasteiger partial charge in [0.2, 0.25) is 0 Å². The zero-order valence-electron chi connectivity index (χ0n) is 32.0. The molecule has 59 heavy (non-hydrogen) atoms. The van der Waals surface area contributed by atoms with E-state index in [-0.39, 0.29) is 0 Å². The molecule has 4 nitrogen and oxygen atoms in total. The smallest absolute Gasteiger partial charge is 0.199 e. The van der Waals surface area contributed by atoms with E-state index in [1.807, 2.05) is 36.4 Å². The van der Waals surface area contributed by atoms with Gasteiger partial charge < -0.3 is 4.42 Å². The summed E-state index contributed by atoms with van der Waals surface area (Å²) < 4.78 is 6.29. The predicted molar refractivity (Wildman–Crippen MR) is 243 cm³/mol. The van der Waals surface area contributed by atoms with Gasteiger partial charge in [0.25, 0.3) is 0 Å². The summed E-state index contributed by atoms with van der Waals surface area (Å²) in [6, 6.07) is 74.4. The highest BCUT2D eigenvalue weighted by atomic mass is 16.3. The quantitative estimate of drug-likeness (QED) is 0.152. The molecule has 0 aliphatic carbocycles. The van der Waals surface area contributed by atoms with Gasteiger partial charge >= 0.3 is 0 Å². The van der Waals surface area contributed by atoms with Crippen molar-refractivity contribution in [3.63, 3.8) is 0 Å². The largest absolute Gasteiger partial charge is 0.453 e. The fraction of sp³-hybridized carbons (Fsp3) is 0. The molecule has 0 fully saturated rings. The second-order valence-electron chi connectivity index (χ2n) is 14.8. The molecular weight excluding hydrogens is 719 g/mol. The number of rotatable bonds is 7. The van der Waals surface area contributed by atoms with Crippen LogP contribution in [0.4, 0.5) is 0 Å². The van der Waals surface area contributed by atoms with Crippen molar-refractivity contribution in [1.82, 2.24) is 15.0 Å². The maximum absolute atomic E-state index is 6.29. The summed E-state index contributed by atoms with van der Waals surface area (Å²) in [4.78, 5) is 15.1. The van der Waals surface area contributed by atoms with Crippen molar-refractivity contribution in [1.29, 1.82) is 0 Å². The van der Waals surface area contributed by atoms with E-state index >= 15 is 0 Å². The van der Waals surface area contributed by atoms with Crippen molar-refractivity contribution in [2.45, 2.75) is 0 Å². The molecule has 0 saturated carbocycles. The molecule has 4 heteroatoms. The average Bonchev–Trinajstić information content (AvgIpc) is 3.76. The Bertz CT molecular complexity index is 3210. The minimum absolute atomic E-state index is 0.487.